The molecule has 0 spiro atoms. The number of nitrogens with one attached hydrogen (secondary N) is 1. The molecular weight excluding hydrogens is 494 g/mol. The molecular formula is C31H39N3O3S. The Balaban J connectivity index is 1.31. The van der Waals surface area contributed by atoms with E-state index in [2.05, 4.69) is 30.1 Å². The van der Waals surface area contributed by atoms with Crippen molar-refractivity contribution in [3.05, 3.63) is 81.9 Å². The van der Waals surface area contributed by atoms with Gasteiger partial charge < -0.3 is 14.6 Å². The number of carbonyl (C=O) groups is 2. The fourth-order valence-electron chi connectivity index (χ4n) is 6.11. The van der Waals surface area contributed by atoms with Crippen molar-refractivity contribution in [3.63, 3.8) is 0 Å². The standard InChI is InChI=1S/C31H39N3O3S/c1-22(2)20-34-29(27-15-8-19-38-27)28(25-13-5-6-14-26(25)31(34)36)30(35)32-16-9-17-33(23-10-3-4-11-23)21-24-12-7-18-37-24/h5-8,12-15,18-19,22-23,28-29H,3-4,9-11,16-17,20-21H2,1-2H3,(H,32,35)/t28-,29-/m1/s1. The first-order chi connectivity index (χ1) is 18.5. The summed E-state index contributed by atoms with van der Waals surface area (Å²) in [7, 11) is 0. The van der Waals surface area contributed by atoms with E-state index in [4.69, 9.17) is 4.42 Å². The Morgan fingerprint density at radius 3 is 2.66 bits per heavy atom. The number of furan rings is 1. The second-order valence-corrected chi connectivity index (χ2v) is 12.0. The third-order valence-electron chi connectivity index (χ3n) is 7.82. The highest BCUT2D eigenvalue weighted by molar-refractivity contribution is 7.10. The third-order valence-corrected chi connectivity index (χ3v) is 8.76. The van der Waals surface area contributed by atoms with Crippen LogP contribution in [0, 0.1) is 5.92 Å². The summed E-state index contributed by atoms with van der Waals surface area (Å²) in [4.78, 5) is 33.0. The van der Waals surface area contributed by atoms with Gasteiger partial charge in [-0.05, 0) is 60.4 Å². The average molecular weight is 534 g/mol. The van der Waals surface area contributed by atoms with Gasteiger partial charge in [0.1, 0.15) is 5.76 Å². The summed E-state index contributed by atoms with van der Waals surface area (Å²) < 4.78 is 5.63. The topological polar surface area (TPSA) is 65.8 Å². The van der Waals surface area contributed by atoms with Gasteiger partial charge >= 0.3 is 0 Å². The van der Waals surface area contributed by atoms with E-state index in [0.717, 1.165) is 35.7 Å². The van der Waals surface area contributed by atoms with Crippen LogP contribution in [0.3, 0.4) is 0 Å². The molecule has 1 aromatic carbocycles. The third kappa shape index (κ3) is 5.89. The molecule has 3 aromatic rings. The van der Waals surface area contributed by atoms with E-state index in [1.807, 2.05) is 52.7 Å². The van der Waals surface area contributed by atoms with Crippen LogP contribution >= 0.6 is 11.3 Å². The molecule has 1 aliphatic heterocycles. The maximum atomic E-state index is 13.9. The minimum Gasteiger partial charge on any atom is -0.468 e. The van der Waals surface area contributed by atoms with Gasteiger partial charge in [0.25, 0.3) is 5.91 Å². The Labute approximate surface area is 230 Å². The van der Waals surface area contributed by atoms with Gasteiger partial charge in [-0.15, -0.1) is 11.3 Å². The molecule has 1 N–H and O–H groups in total. The van der Waals surface area contributed by atoms with E-state index < -0.39 is 5.92 Å². The first-order valence-electron chi connectivity index (χ1n) is 14.0. The molecule has 1 aliphatic carbocycles. The molecule has 0 unspecified atom stereocenters. The van der Waals surface area contributed by atoms with Crippen molar-refractivity contribution in [2.24, 2.45) is 5.92 Å². The number of carbonyl (C=O) groups excluding carboxylic acids is 2. The predicted octanol–water partition coefficient (Wildman–Crippen LogP) is 6.23. The molecule has 0 radical (unpaired) electrons. The predicted molar refractivity (Wildman–Crippen MR) is 151 cm³/mol. The molecule has 1 saturated carbocycles. The van der Waals surface area contributed by atoms with Gasteiger partial charge in [-0.2, -0.15) is 0 Å². The number of hydrogen-bond acceptors (Lipinski definition) is 5. The molecule has 6 nitrogen and oxygen atoms in total. The molecule has 0 saturated heterocycles. The highest BCUT2D eigenvalue weighted by Crippen LogP contribution is 2.44. The lowest BCUT2D eigenvalue weighted by molar-refractivity contribution is -0.124. The maximum Gasteiger partial charge on any atom is 0.254 e. The fraction of sp³-hybridized carbons (Fsp3) is 0.484. The van der Waals surface area contributed by atoms with E-state index in [1.165, 1.54) is 25.7 Å². The molecule has 38 heavy (non-hydrogen) atoms. The van der Waals surface area contributed by atoms with Crippen LogP contribution in [-0.2, 0) is 11.3 Å². The van der Waals surface area contributed by atoms with E-state index in [0.29, 0.717) is 30.6 Å². The van der Waals surface area contributed by atoms with Crippen LogP contribution in [0.25, 0.3) is 0 Å². The van der Waals surface area contributed by atoms with Crippen molar-refractivity contribution in [3.8, 4) is 0 Å². The van der Waals surface area contributed by atoms with Crippen molar-refractivity contribution in [1.82, 2.24) is 15.1 Å². The largest absolute Gasteiger partial charge is 0.468 e. The highest BCUT2D eigenvalue weighted by Gasteiger charge is 2.44. The molecule has 3 heterocycles. The lowest BCUT2D eigenvalue weighted by atomic mass is 9.81. The minimum absolute atomic E-state index is 0.00411. The number of hydrogen-bond donors (Lipinski definition) is 1. The Morgan fingerprint density at radius 1 is 1.13 bits per heavy atom. The molecule has 0 bridgehead atoms. The Hall–Kier alpha value is -2.90. The number of rotatable bonds is 11. The van der Waals surface area contributed by atoms with Gasteiger partial charge in [0.05, 0.1) is 24.8 Å². The van der Waals surface area contributed by atoms with Crippen molar-refractivity contribution in [1.29, 1.82) is 0 Å². The van der Waals surface area contributed by atoms with Crippen molar-refractivity contribution < 1.29 is 14.0 Å². The molecule has 2 aliphatic rings. The second-order valence-electron chi connectivity index (χ2n) is 11.0. The summed E-state index contributed by atoms with van der Waals surface area (Å²) in [5, 5.41) is 5.28. The Bertz CT molecular complexity index is 1180. The van der Waals surface area contributed by atoms with Crippen LogP contribution in [-0.4, -0.2) is 47.3 Å². The summed E-state index contributed by atoms with van der Waals surface area (Å²) in [6.45, 7) is 7.19. The summed E-state index contributed by atoms with van der Waals surface area (Å²) in [6, 6.07) is 16.0. The van der Waals surface area contributed by atoms with Crippen molar-refractivity contribution >= 4 is 23.2 Å². The van der Waals surface area contributed by atoms with Gasteiger partial charge in [-0.25, -0.2) is 0 Å². The van der Waals surface area contributed by atoms with Crippen LogP contribution in [0.5, 0.6) is 0 Å². The zero-order valence-electron chi connectivity index (χ0n) is 22.5. The molecule has 2 atom stereocenters. The zero-order valence-corrected chi connectivity index (χ0v) is 23.3. The van der Waals surface area contributed by atoms with Gasteiger partial charge in [0.2, 0.25) is 5.91 Å². The summed E-state index contributed by atoms with van der Waals surface area (Å²) >= 11 is 1.62. The normalized spacial score (nSPS) is 19.9. The molecule has 5 rings (SSSR count). The monoisotopic (exact) mass is 533 g/mol. The lowest BCUT2D eigenvalue weighted by Crippen LogP contribution is -2.48. The first-order valence-corrected chi connectivity index (χ1v) is 14.9. The van der Waals surface area contributed by atoms with E-state index in [9.17, 15) is 9.59 Å². The molecule has 7 heteroatoms. The van der Waals surface area contributed by atoms with E-state index in [-0.39, 0.29) is 17.9 Å². The summed E-state index contributed by atoms with van der Waals surface area (Å²) in [6.07, 6.45) is 7.64. The van der Waals surface area contributed by atoms with E-state index >= 15 is 0 Å². The van der Waals surface area contributed by atoms with Gasteiger partial charge in [-0.1, -0.05) is 51.0 Å². The quantitative estimate of drug-likeness (QED) is 0.297. The van der Waals surface area contributed by atoms with Crippen LogP contribution in [0.1, 0.15) is 84.5 Å². The number of benzene rings is 1. The lowest BCUT2D eigenvalue weighted by Gasteiger charge is -2.42. The number of amides is 2. The van der Waals surface area contributed by atoms with Crippen LogP contribution in [0.2, 0.25) is 0 Å². The van der Waals surface area contributed by atoms with Crippen LogP contribution in [0.4, 0.5) is 0 Å². The van der Waals surface area contributed by atoms with Gasteiger partial charge in [0.15, 0.2) is 0 Å². The number of fused-ring (bicyclic) bond motifs is 1. The fourth-order valence-corrected chi connectivity index (χ4v) is 6.99. The molecule has 202 valence electrons. The SMILES string of the molecule is CC(C)CN1C(=O)c2ccccc2[C@@H](C(=O)NCCCN(Cc2ccco2)C2CCCC2)[C@H]1c1cccs1. The van der Waals surface area contributed by atoms with Crippen molar-refractivity contribution in [2.45, 2.75) is 70.5 Å². The van der Waals surface area contributed by atoms with Gasteiger partial charge in [0, 0.05) is 36.1 Å². The Morgan fingerprint density at radius 2 is 1.95 bits per heavy atom. The molecule has 1 fully saturated rings. The zero-order chi connectivity index (χ0) is 26.5. The first kappa shape index (κ1) is 26.7. The average Bonchev–Trinajstić information content (AvgIpc) is 3.71. The van der Waals surface area contributed by atoms with Crippen LogP contribution in [0.15, 0.2) is 64.6 Å². The Kier molecular flexibility index (Phi) is 8.65. The molecule has 2 aromatic heterocycles. The number of thiophene rings is 1. The minimum atomic E-state index is -0.435. The van der Waals surface area contributed by atoms with E-state index in [1.54, 1.807) is 17.6 Å². The van der Waals surface area contributed by atoms with Crippen LogP contribution < -0.4 is 5.32 Å². The highest BCUT2D eigenvalue weighted by atomic mass is 32.1. The second kappa shape index (κ2) is 12.3. The van der Waals surface area contributed by atoms with Gasteiger partial charge in [-0.3, -0.25) is 14.5 Å². The summed E-state index contributed by atoms with van der Waals surface area (Å²) in [5.41, 5.74) is 1.48. The maximum absolute atomic E-state index is 13.9. The smallest absolute Gasteiger partial charge is 0.254 e. The molecule has 2 amide bonds. The summed E-state index contributed by atoms with van der Waals surface area (Å²) in [5.74, 6) is 0.868. The van der Waals surface area contributed by atoms with Crippen molar-refractivity contribution in [2.75, 3.05) is 19.6 Å². The number of nitrogens with zero attached hydrogens (tertiary/aromatic N) is 2.